The molecule has 3 aliphatic carbocycles. The Morgan fingerprint density at radius 3 is 2.29 bits per heavy atom. The molecule has 2 nitrogen and oxygen atoms in total. The van der Waals surface area contributed by atoms with E-state index in [1.807, 2.05) is 26.8 Å². The Bertz CT molecular complexity index is 424. The molecule has 140 valence electrons. The standard InChI is InChI=1S/C12H20O.C8H14O.C2H6/c1-3-9-6-7-10-11(13)5-4-8-12(9,10)2;1-3-7-4-5-8(2,9)6-7;1-2/h9-10H,3-8H2,1-2H3;4-5,7,9H,3,6H2,1-2H3;1-2H3. The molecule has 0 bridgehead atoms. The number of hydrogen-bond acceptors (Lipinski definition) is 2. The van der Waals surface area contributed by atoms with E-state index in [4.69, 9.17) is 0 Å². The number of allylic oxidation sites excluding steroid dienone is 1. The number of carbonyl (C=O) groups excluding carboxylic acids is 1. The average Bonchev–Trinajstić information content (AvgIpc) is 3.09. The van der Waals surface area contributed by atoms with E-state index in [1.165, 1.54) is 25.7 Å². The number of fused-ring (bicyclic) bond motifs is 1. The summed E-state index contributed by atoms with van der Waals surface area (Å²) in [6.07, 6.45) is 13.1. The molecule has 0 aromatic heterocycles. The molecule has 2 fully saturated rings. The number of Topliss-reactive ketones (excluding diaryl/α,β-unsaturated/α-hetero) is 1. The van der Waals surface area contributed by atoms with Crippen molar-refractivity contribution in [3.05, 3.63) is 12.2 Å². The van der Waals surface area contributed by atoms with Crippen molar-refractivity contribution in [2.24, 2.45) is 23.2 Å². The van der Waals surface area contributed by atoms with Gasteiger partial charge in [0.05, 0.1) is 5.60 Å². The number of aliphatic hydroxyl groups is 1. The maximum atomic E-state index is 11.7. The van der Waals surface area contributed by atoms with E-state index in [0.29, 0.717) is 23.0 Å². The lowest BCUT2D eigenvalue weighted by atomic mass is 9.64. The Morgan fingerprint density at radius 2 is 1.83 bits per heavy atom. The van der Waals surface area contributed by atoms with Crippen LogP contribution in [0.4, 0.5) is 0 Å². The van der Waals surface area contributed by atoms with Gasteiger partial charge in [-0.25, -0.2) is 0 Å². The van der Waals surface area contributed by atoms with E-state index in [9.17, 15) is 9.90 Å². The zero-order chi connectivity index (χ0) is 18.4. The van der Waals surface area contributed by atoms with E-state index in [2.05, 4.69) is 26.8 Å². The van der Waals surface area contributed by atoms with E-state index >= 15 is 0 Å². The van der Waals surface area contributed by atoms with Crippen LogP contribution in [0.3, 0.4) is 0 Å². The Labute approximate surface area is 150 Å². The third kappa shape index (κ3) is 4.94. The minimum atomic E-state index is -0.513. The molecule has 24 heavy (non-hydrogen) atoms. The fraction of sp³-hybridized carbons (Fsp3) is 0.864. The molecule has 0 aromatic rings. The van der Waals surface area contributed by atoms with Crippen LogP contribution < -0.4 is 0 Å². The highest BCUT2D eigenvalue weighted by Gasteiger charge is 2.49. The molecule has 0 heterocycles. The van der Waals surface area contributed by atoms with Crippen LogP contribution in [0.25, 0.3) is 0 Å². The van der Waals surface area contributed by atoms with E-state index in [1.54, 1.807) is 0 Å². The largest absolute Gasteiger partial charge is 0.386 e. The first-order valence-corrected chi connectivity index (χ1v) is 10.3. The van der Waals surface area contributed by atoms with Crippen LogP contribution in [0.5, 0.6) is 0 Å². The lowest BCUT2D eigenvalue weighted by Crippen LogP contribution is -2.37. The third-order valence-electron chi connectivity index (χ3n) is 6.48. The minimum absolute atomic E-state index is 0.379. The van der Waals surface area contributed by atoms with Crippen molar-refractivity contribution in [3.63, 3.8) is 0 Å². The minimum Gasteiger partial charge on any atom is -0.386 e. The zero-order valence-corrected chi connectivity index (χ0v) is 16.9. The zero-order valence-electron chi connectivity index (χ0n) is 16.9. The number of hydrogen-bond donors (Lipinski definition) is 1. The van der Waals surface area contributed by atoms with Crippen LogP contribution in [0.2, 0.25) is 0 Å². The molecule has 0 spiro atoms. The highest BCUT2D eigenvalue weighted by atomic mass is 16.3. The summed E-state index contributed by atoms with van der Waals surface area (Å²) in [5.41, 5.74) is -0.134. The van der Waals surface area contributed by atoms with Crippen molar-refractivity contribution in [1.29, 1.82) is 0 Å². The molecule has 0 aliphatic heterocycles. The molecule has 5 unspecified atom stereocenters. The summed E-state index contributed by atoms with van der Waals surface area (Å²) >= 11 is 0. The first-order valence-electron chi connectivity index (χ1n) is 10.3. The van der Waals surface area contributed by atoms with Crippen molar-refractivity contribution in [1.82, 2.24) is 0 Å². The summed E-state index contributed by atoms with van der Waals surface area (Å²) in [6.45, 7) is 12.6. The van der Waals surface area contributed by atoms with E-state index in [0.717, 1.165) is 31.6 Å². The van der Waals surface area contributed by atoms with Gasteiger partial charge in [0.15, 0.2) is 0 Å². The summed E-state index contributed by atoms with van der Waals surface area (Å²) in [5, 5.41) is 9.41. The molecule has 1 N–H and O–H groups in total. The molecule has 0 amide bonds. The van der Waals surface area contributed by atoms with E-state index in [-0.39, 0.29) is 0 Å². The molecule has 5 atom stereocenters. The van der Waals surface area contributed by atoms with Crippen LogP contribution in [0.1, 0.15) is 92.9 Å². The van der Waals surface area contributed by atoms with Crippen molar-refractivity contribution in [3.8, 4) is 0 Å². The van der Waals surface area contributed by atoms with Gasteiger partial charge >= 0.3 is 0 Å². The summed E-state index contributed by atoms with van der Waals surface area (Å²) in [5.74, 6) is 2.41. The number of ketones is 1. The molecule has 2 saturated carbocycles. The van der Waals surface area contributed by atoms with Crippen LogP contribution in [0.15, 0.2) is 12.2 Å². The topological polar surface area (TPSA) is 37.3 Å². The van der Waals surface area contributed by atoms with Gasteiger partial charge in [0.2, 0.25) is 0 Å². The predicted octanol–water partition coefficient (Wildman–Crippen LogP) is 5.93. The van der Waals surface area contributed by atoms with Crippen molar-refractivity contribution >= 4 is 5.78 Å². The van der Waals surface area contributed by atoms with Crippen molar-refractivity contribution < 1.29 is 9.90 Å². The Kier molecular flexibility index (Phi) is 8.19. The Balaban J connectivity index is 0.000000230. The second-order valence-corrected chi connectivity index (χ2v) is 8.15. The first-order chi connectivity index (χ1) is 11.3. The van der Waals surface area contributed by atoms with Crippen LogP contribution in [-0.4, -0.2) is 16.5 Å². The molecular formula is C22H40O2. The van der Waals surface area contributed by atoms with Gasteiger partial charge < -0.3 is 5.11 Å². The second kappa shape index (κ2) is 9.17. The van der Waals surface area contributed by atoms with Crippen LogP contribution in [0, 0.1) is 23.2 Å². The molecular weight excluding hydrogens is 296 g/mol. The maximum Gasteiger partial charge on any atom is 0.136 e. The van der Waals surface area contributed by atoms with Gasteiger partial charge in [0.25, 0.3) is 0 Å². The highest BCUT2D eigenvalue weighted by Crippen LogP contribution is 2.55. The average molecular weight is 337 g/mol. The SMILES string of the molecule is CC.CCC1C=CC(C)(O)C1.CCC1CCC2C(=O)CCCC12C. The summed E-state index contributed by atoms with van der Waals surface area (Å²) < 4.78 is 0. The van der Waals surface area contributed by atoms with Gasteiger partial charge in [-0.3, -0.25) is 4.79 Å². The van der Waals surface area contributed by atoms with Crippen LogP contribution >= 0.6 is 0 Å². The van der Waals surface area contributed by atoms with Crippen molar-refractivity contribution in [2.45, 2.75) is 98.5 Å². The first kappa shape index (κ1) is 21.4. The highest BCUT2D eigenvalue weighted by molar-refractivity contribution is 5.83. The van der Waals surface area contributed by atoms with Crippen molar-refractivity contribution in [2.75, 3.05) is 0 Å². The molecule has 0 saturated heterocycles. The van der Waals surface area contributed by atoms with Gasteiger partial charge in [-0.1, -0.05) is 53.2 Å². The lowest BCUT2D eigenvalue weighted by molar-refractivity contribution is -0.129. The van der Waals surface area contributed by atoms with Gasteiger partial charge in [-0.2, -0.15) is 0 Å². The quantitative estimate of drug-likeness (QED) is 0.634. The Hall–Kier alpha value is -0.630. The molecule has 3 aliphatic rings. The fourth-order valence-corrected chi connectivity index (χ4v) is 5.00. The van der Waals surface area contributed by atoms with Gasteiger partial charge in [0.1, 0.15) is 5.78 Å². The summed E-state index contributed by atoms with van der Waals surface area (Å²) in [6, 6.07) is 0. The second-order valence-electron chi connectivity index (χ2n) is 8.15. The monoisotopic (exact) mass is 336 g/mol. The molecule has 2 heteroatoms. The normalized spacial score (nSPS) is 40.3. The molecule has 0 aromatic carbocycles. The van der Waals surface area contributed by atoms with Gasteiger partial charge in [-0.15, -0.1) is 0 Å². The van der Waals surface area contributed by atoms with Gasteiger partial charge in [0, 0.05) is 12.3 Å². The molecule has 3 rings (SSSR count). The smallest absolute Gasteiger partial charge is 0.136 e. The molecule has 0 radical (unpaired) electrons. The number of carbonyl (C=O) groups is 1. The van der Waals surface area contributed by atoms with Crippen LogP contribution in [-0.2, 0) is 4.79 Å². The predicted molar refractivity (Wildman–Crippen MR) is 103 cm³/mol. The summed E-state index contributed by atoms with van der Waals surface area (Å²) in [7, 11) is 0. The summed E-state index contributed by atoms with van der Waals surface area (Å²) in [4.78, 5) is 11.7. The maximum absolute atomic E-state index is 11.7. The third-order valence-corrected chi connectivity index (χ3v) is 6.48. The van der Waals surface area contributed by atoms with E-state index < -0.39 is 5.60 Å². The fourth-order valence-electron chi connectivity index (χ4n) is 5.00. The Morgan fingerprint density at radius 1 is 1.17 bits per heavy atom. The number of rotatable bonds is 2. The lowest BCUT2D eigenvalue weighted by Gasteiger charge is -2.39. The van der Waals surface area contributed by atoms with Gasteiger partial charge in [-0.05, 0) is 62.7 Å².